The van der Waals surface area contributed by atoms with E-state index in [4.69, 9.17) is 4.74 Å². The van der Waals surface area contributed by atoms with Crippen LogP contribution in [0.5, 0.6) is 0 Å². The van der Waals surface area contributed by atoms with Crippen molar-refractivity contribution >= 4 is 11.9 Å². The van der Waals surface area contributed by atoms with Gasteiger partial charge < -0.3 is 14.7 Å². The average Bonchev–Trinajstić information content (AvgIpc) is 3.01. The molecule has 1 amide bonds. The molecule has 3 heterocycles. The molecule has 0 aliphatic carbocycles. The molecule has 3 aliphatic rings. The molecule has 0 radical (unpaired) electrons. The highest BCUT2D eigenvalue weighted by atomic mass is 19.2. The van der Waals surface area contributed by atoms with Crippen molar-refractivity contribution in [2.24, 2.45) is 5.41 Å². The Balaban J connectivity index is 1.29. The van der Waals surface area contributed by atoms with Gasteiger partial charge in [0.2, 0.25) is 5.91 Å². The lowest BCUT2D eigenvalue weighted by Gasteiger charge is -2.36. The Bertz CT molecular complexity index is 802. The number of hydrogen-bond acceptors (Lipinski definition) is 5. The zero-order valence-electron chi connectivity index (χ0n) is 17.0. The largest absolute Gasteiger partial charge is 0.461 e. The van der Waals surface area contributed by atoms with Crippen LogP contribution in [0.2, 0.25) is 0 Å². The SMILES string of the molecule is O=C(Cc1ccc(F)c(F)c1)N1CCC2(CC1)CC(CN1CCC(O)CC1)OC2=O. The molecule has 1 aromatic rings. The zero-order valence-corrected chi connectivity index (χ0v) is 17.0. The van der Waals surface area contributed by atoms with Crippen LogP contribution in [0.25, 0.3) is 0 Å². The molecule has 1 unspecified atom stereocenters. The van der Waals surface area contributed by atoms with E-state index < -0.39 is 17.0 Å². The molecule has 164 valence electrons. The van der Waals surface area contributed by atoms with Crippen molar-refractivity contribution < 1.29 is 28.2 Å². The fourth-order valence-electron chi connectivity index (χ4n) is 4.86. The third kappa shape index (κ3) is 4.49. The molecule has 0 aromatic heterocycles. The van der Waals surface area contributed by atoms with Crippen molar-refractivity contribution in [1.29, 1.82) is 0 Å². The smallest absolute Gasteiger partial charge is 0.312 e. The van der Waals surface area contributed by atoms with Gasteiger partial charge in [0.15, 0.2) is 11.6 Å². The Kier molecular flexibility index (Phi) is 6.06. The van der Waals surface area contributed by atoms with E-state index in [2.05, 4.69) is 4.90 Å². The molecule has 0 saturated carbocycles. The van der Waals surface area contributed by atoms with Crippen LogP contribution >= 0.6 is 0 Å². The number of rotatable bonds is 4. The maximum Gasteiger partial charge on any atom is 0.312 e. The van der Waals surface area contributed by atoms with Crippen molar-refractivity contribution in [3.63, 3.8) is 0 Å². The molecule has 6 nitrogen and oxygen atoms in total. The minimum Gasteiger partial charge on any atom is -0.461 e. The number of amides is 1. The number of cyclic esters (lactones) is 1. The van der Waals surface area contributed by atoms with E-state index in [-0.39, 0.29) is 30.5 Å². The Morgan fingerprint density at radius 1 is 1.13 bits per heavy atom. The molecular weight excluding hydrogens is 394 g/mol. The van der Waals surface area contributed by atoms with Gasteiger partial charge in [-0.2, -0.15) is 0 Å². The molecule has 8 heteroatoms. The number of carbonyl (C=O) groups excluding carboxylic acids is 2. The van der Waals surface area contributed by atoms with Gasteiger partial charge in [0.25, 0.3) is 0 Å². The second kappa shape index (κ2) is 8.59. The van der Waals surface area contributed by atoms with Crippen LogP contribution in [-0.2, 0) is 20.7 Å². The first kappa shape index (κ1) is 21.2. The number of hydrogen-bond donors (Lipinski definition) is 1. The van der Waals surface area contributed by atoms with Crippen molar-refractivity contribution in [3.05, 3.63) is 35.4 Å². The zero-order chi connectivity index (χ0) is 21.3. The Morgan fingerprint density at radius 2 is 1.83 bits per heavy atom. The topological polar surface area (TPSA) is 70.1 Å². The van der Waals surface area contributed by atoms with E-state index in [0.717, 1.165) is 38.1 Å². The van der Waals surface area contributed by atoms with Crippen molar-refractivity contribution in [1.82, 2.24) is 9.80 Å². The summed E-state index contributed by atoms with van der Waals surface area (Å²) in [5.74, 6) is -2.20. The summed E-state index contributed by atoms with van der Waals surface area (Å²) in [6.07, 6.45) is 2.93. The summed E-state index contributed by atoms with van der Waals surface area (Å²) in [5.41, 5.74) is -0.0928. The summed E-state index contributed by atoms with van der Waals surface area (Å²) in [4.78, 5) is 29.1. The molecule has 1 N–H and O–H groups in total. The lowest BCUT2D eigenvalue weighted by Crippen LogP contribution is -2.45. The molecule has 30 heavy (non-hydrogen) atoms. The molecule has 3 fully saturated rings. The molecule has 0 bridgehead atoms. The monoisotopic (exact) mass is 422 g/mol. The maximum atomic E-state index is 13.4. The van der Waals surface area contributed by atoms with Crippen LogP contribution in [0, 0.1) is 17.0 Å². The molecule has 1 aromatic carbocycles. The highest BCUT2D eigenvalue weighted by Crippen LogP contribution is 2.43. The number of ether oxygens (including phenoxy) is 1. The van der Waals surface area contributed by atoms with Gasteiger partial charge in [0.05, 0.1) is 17.9 Å². The van der Waals surface area contributed by atoms with Crippen LogP contribution in [0.1, 0.15) is 37.7 Å². The minimum atomic E-state index is -0.958. The lowest BCUT2D eigenvalue weighted by atomic mass is 9.76. The van der Waals surface area contributed by atoms with Crippen molar-refractivity contribution in [2.45, 2.75) is 50.7 Å². The summed E-state index contributed by atoms with van der Waals surface area (Å²) in [5, 5.41) is 9.64. The fourth-order valence-corrected chi connectivity index (χ4v) is 4.86. The molecule has 1 atom stereocenters. The number of esters is 1. The third-order valence-electron chi connectivity index (χ3n) is 6.76. The first-order valence-corrected chi connectivity index (χ1v) is 10.7. The van der Waals surface area contributed by atoms with Crippen LogP contribution in [0.15, 0.2) is 18.2 Å². The summed E-state index contributed by atoms with van der Waals surface area (Å²) in [6.45, 7) is 3.24. The standard InChI is InChI=1S/C22H28F2N2O4/c23-18-2-1-15(11-19(18)24)12-20(28)26-9-5-22(6-10-26)13-17(30-21(22)29)14-25-7-3-16(27)4-8-25/h1-2,11,16-17,27H,3-10,12-14H2. The highest BCUT2D eigenvalue weighted by Gasteiger charge is 2.51. The minimum absolute atomic E-state index is 0.0120. The van der Waals surface area contributed by atoms with E-state index in [1.807, 2.05) is 0 Å². The molecule has 3 aliphatic heterocycles. The second-order valence-corrected chi connectivity index (χ2v) is 8.85. The van der Waals surface area contributed by atoms with Gasteiger partial charge in [0.1, 0.15) is 6.10 Å². The summed E-state index contributed by atoms with van der Waals surface area (Å²) < 4.78 is 32.1. The van der Waals surface area contributed by atoms with Gasteiger partial charge >= 0.3 is 5.97 Å². The number of carbonyl (C=O) groups is 2. The predicted molar refractivity (Wildman–Crippen MR) is 104 cm³/mol. The summed E-state index contributed by atoms with van der Waals surface area (Å²) in [7, 11) is 0. The predicted octanol–water partition coefficient (Wildman–Crippen LogP) is 1.89. The fraction of sp³-hybridized carbons (Fsp3) is 0.636. The quantitative estimate of drug-likeness (QED) is 0.751. The van der Waals surface area contributed by atoms with E-state index >= 15 is 0 Å². The molecular formula is C22H28F2N2O4. The van der Waals surface area contributed by atoms with E-state index in [1.165, 1.54) is 6.07 Å². The number of benzene rings is 1. The maximum absolute atomic E-state index is 13.4. The van der Waals surface area contributed by atoms with Gasteiger partial charge in [0, 0.05) is 39.1 Å². The van der Waals surface area contributed by atoms with Gasteiger partial charge in [-0.3, -0.25) is 14.5 Å². The van der Waals surface area contributed by atoms with Crippen LogP contribution in [-0.4, -0.2) is 71.7 Å². The van der Waals surface area contributed by atoms with Gasteiger partial charge in [-0.15, -0.1) is 0 Å². The lowest BCUT2D eigenvalue weighted by molar-refractivity contribution is -0.153. The van der Waals surface area contributed by atoms with Crippen molar-refractivity contribution in [2.75, 3.05) is 32.7 Å². The first-order chi connectivity index (χ1) is 14.3. The number of likely N-dealkylation sites (tertiary alicyclic amines) is 2. The van der Waals surface area contributed by atoms with Gasteiger partial charge in [-0.05, 0) is 43.4 Å². The number of aliphatic hydroxyl groups excluding tert-OH is 1. The van der Waals surface area contributed by atoms with E-state index in [0.29, 0.717) is 44.5 Å². The third-order valence-corrected chi connectivity index (χ3v) is 6.76. The summed E-state index contributed by atoms with van der Waals surface area (Å²) in [6, 6.07) is 3.50. The van der Waals surface area contributed by atoms with Crippen LogP contribution < -0.4 is 0 Å². The van der Waals surface area contributed by atoms with Gasteiger partial charge in [-0.1, -0.05) is 6.07 Å². The van der Waals surface area contributed by atoms with Crippen molar-refractivity contribution in [3.8, 4) is 0 Å². The van der Waals surface area contributed by atoms with E-state index in [1.54, 1.807) is 4.90 Å². The number of halogens is 2. The van der Waals surface area contributed by atoms with Crippen LogP contribution in [0.4, 0.5) is 8.78 Å². The number of aliphatic hydroxyl groups is 1. The number of piperidine rings is 2. The van der Waals surface area contributed by atoms with Crippen LogP contribution in [0.3, 0.4) is 0 Å². The Labute approximate surface area is 174 Å². The molecule has 4 rings (SSSR count). The molecule has 1 spiro atoms. The Hall–Kier alpha value is -2.06. The normalized spacial score (nSPS) is 25.0. The second-order valence-electron chi connectivity index (χ2n) is 8.85. The first-order valence-electron chi connectivity index (χ1n) is 10.7. The Morgan fingerprint density at radius 3 is 2.50 bits per heavy atom. The number of nitrogens with zero attached hydrogens (tertiary/aromatic N) is 2. The summed E-state index contributed by atoms with van der Waals surface area (Å²) >= 11 is 0. The molecule has 3 saturated heterocycles. The van der Waals surface area contributed by atoms with Gasteiger partial charge in [-0.25, -0.2) is 8.78 Å². The van der Waals surface area contributed by atoms with E-state index in [9.17, 15) is 23.5 Å². The average molecular weight is 422 g/mol. The highest BCUT2D eigenvalue weighted by molar-refractivity contribution is 5.81.